The third-order valence-electron chi connectivity index (χ3n) is 5.74. The summed E-state index contributed by atoms with van der Waals surface area (Å²) in [5.41, 5.74) is 1.45. The first-order chi connectivity index (χ1) is 14.5. The zero-order chi connectivity index (χ0) is 21.1. The molecule has 2 aromatic rings. The number of para-hydroxylation sites is 2. The molecular weight excluding hydrogens is 444 g/mol. The van der Waals surface area contributed by atoms with Crippen molar-refractivity contribution in [2.24, 2.45) is 5.92 Å². The highest BCUT2D eigenvalue weighted by Crippen LogP contribution is 2.35. The van der Waals surface area contributed by atoms with E-state index in [1.165, 1.54) is 11.3 Å². The second kappa shape index (κ2) is 9.04. The smallest absolute Gasteiger partial charge is 0.294 e. The molecule has 1 fully saturated rings. The maximum absolute atomic E-state index is 13.2. The maximum atomic E-state index is 13.2. The van der Waals surface area contributed by atoms with E-state index in [1.54, 1.807) is 12.1 Å². The third-order valence-corrected chi connectivity index (χ3v) is 6.23. The predicted molar refractivity (Wildman–Crippen MR) is 121 cm³/mol. The molecule has 1 saturated carbocycles. The Morgan fingerprint density at radius 2 is 2.00 bits per heavy atom. The predicted octanol–water partition coefficient (Wildman–Crippen LogP) is 4.91. The van der Waals surface area contributed by atoms with Crippen molar-refractivity contribution in [3.8, 4) is 5.75 Å². The molecule has 2 aromatic carbocycles. The van der Waals surface area contributed by atoms with Crippen molar-refractivity contribution in [1.82, 2.24) is 5.32 Å². The number of hydrogen-bond donors (Lipinski definition) is 1. The summed E-state index contributed by atoms with van der Waals surface area (Å²) in [4.78, 5) is 27.5. The highest BCUT2D eigenvalue weighted by molar-refractivity contribution is 9.10. The average molecular weight is 469 g/mol. The SMILES string of the molecule is C[C@@H]1CCCC[C@@H]1NC(=O)CN1C(=O)/C(=C\c2cccc(Br)c2)Oc2ccccc21. The van der Waals surface area contributed by atoms with Gasteiger partial charge in [0.1, 0.15) is 6.54 Å². The molecule has 0 unspecified atom stereocenters. The Bertz CT molecular complexity index is 988. The van der Waals surface area contributed by atoms with Crippen molar-refractivity contribution in [1.29, 1.82) is 0 Å². The summed E-state index contributed by atoms with van der Waals surface area (Å²) in [7, 11) is 0. The molecule has 4 rings (SSSR count). The van der Waals surface area contributed by atoms with Gasteiger partial charge in [0.05, 0.1) is 5.69 Å². The topological polar surface area (TPSA) is 58.6 Å². The van der Waals surface area contributed by atoms with E-state index in [-0.39, 0.29) is 30.2 Å². The van der Waals surface area contributed by atoms with E-state index in [9.17, 15) is 9.59 Å². The number of benzene rings is 2. The van der Waals surface area contributed by atoms with Gasteiger partial charge in [0.2, 0.25) is 5.91 Å². The molecule has 1 heterocycles. The van der Waals surface area contributed by atoms with Gasteiger partial charge in [-0.15, -0.1) is 0 Å². The molecule has 2 amide bonds. The van der Waals surface area contributed by atoms with E-state index in [2.05, 4.69) is 28.2 Å². The van der Waals surface area contributed by atoms with E-state index in [0.717, 1.165) is 29.3 Å². The van der Waals surface area contributed by atoms with Crippen molar-refractivity contribution in [2.75, 3.05) is 11.4 Å². The van der Waals surface area contributed by atoms with Crippen LogP contribution in [0.2, 0.25) is 0 Å². The zero-order valence-corrected chi connectivity index (χ0v) is 18.5. The van der Waals surface area contributed by atoms with Gasteiger partial charge in [0.25, 0.3) is 5.91 Å². The quantitative estimate of drug-likeness (QED) is 0.648. The number of halogens is 1. The summed E-state index contributed by atoms with van der Waals surface area (Å²) in [5.74, 6) is 0.770. The van der Waals surface area contributed by atoms with E-state index < -0.39 is 0 Å². The van der Waals surface area contributed by atoms with Crippen molar-refractivity contribution in [3.05, 3.63) is 64.3 Å². The second-order valence-corrected chi connectivity index (χ2v) is 8.88. The lowest BCUT2D eigenvalue weighted by molar-refractivity contribution is -0.124. The second-order valence-electron chi connectivity index (χ2n) is 7.96. The lowest BCUT2D eigenvalue weighted by atomic mass is 9.86. The lowest BCUT2D eigenvalue weighted by Gasteiger charge is -2.32. The summed E-state index contributed by atoms with van der Waals surface area (Å²) in [6, 6.07) is 15.1. The lowest BCUT2D eigenvalue weighted by Crippen LogP contribution is -2.48. The van der Waals surface area contributed by atoms with Crippen molar-refractivity contribution >= 4 is 39.5 Å². The molecule has 0 radical (unpaired) electrons. The summed E-state index contributed by atoms with van der Waals surface area (Å²) in [5, 5.41) is 3.14. The van der Waals surface area contributed by atoms with Crippen LogP contribution in [-0.4, -0.2) is 24.4 Å². The van der Waals surface area contributed by atoms with Gasteiger partial charge in [-0.25, -0.2) is 0 Å². The maximum Gasteiger partial charge on any atom is 0.294 e. The summed E-state index contributed by atoms with van der Waals surface area (Å²) >= 11 is 3.45. The fraction of sp³-hybridized carbons (Fsp3) is 0.333. The minimum absolute atomic E-state index is 0.0295. The number of carbonyl (C=O) groups is 2. The number of nitrogens with one attached hydrogen (secondary N) is 1. The summed E-state index contributed by atoms with van der Waals surface area (Å²) < 4.78 is 6.80. The highest BCUT2D eigenvalue weighted by atomic mass is 79.9. The normalized spacial score (nSPS) is 22.4. The number of ether oxygens (including phenoxy) is 1. The standard InChI is InChI=1S/C24H25BrN2O3/c1-16-7-2-3-10-19(16)26-23(28)15-27-20-11-4-5-12-21(20)30-22(24(27)29)14-17-8-6-9-18(25)13-17/h4-6,8-9,11-14,16,19H,2-3,7,10,15H2,1H3,(H,26,28)/b22-14+/t16-,19+/m1/s1. The summed E-state index contributed by atoms with van der Waals surface area (Å²) in [6.45, 7) is 2.15. The van der Waals surface area contributed by atoms with E-state index in [4.69, 9.17) is 4.74 Å². The van der Waals surface area contributed by atoms with Gasteiger partial charge in [0, 0.05) is 10.5 Å². The Morgan fingerprint density at radius 1 is 1.20 bits per heavy atom. The highest BCUT2D eigenvalue weighted by Gasteiger charge is 2.32. The average Bonchev–Trinajstić information content (AvgIpc) is 2.73. The zero-order valence-electron chi connectivity index (χ0n) is 16.9. The van der Waals surface area contributed by atoms with Crippen molar-refractivity contribution < 1.29 is 14.3 Å². The molecule has 0 aromatic heterocycles. The van der Waals surface area contributed by atoms with Gasteiger partial charge in [-0.1, -0.05) is 60.0 Å². The number of hydrogen-bond acceptors (Lipinski definition) is 3. The van der Waals surface area contributed by atoms with Gasteiger partial charge in [0.15, 0.2) is 11.5 Å². The van der Waals surface area contributed by atoms with Crippen LogP contribution in [0.15, 0.2) is 58.8 Å². The van der Waals surface area contributed by atoms with E-state index in [1.807, 2.05) is 42.5 Å². The fourth-order valence-electron chi connectivity index (χ4n) is 4.09. The molecule has 2 atom stereocenters. The Balaban J connectivity index is 1.57. The van der Waals surface area contributed by atoms with Gasteiger partial charge < -0.3 is 10.1 Å². The minimum Gasteiger partial charge on any atom is -0.449 e. The molecule has 0 saturated heterocycles. The van der Waals surface area contributed by atoms with Gasteiger partial charge in [-0.05, 0) is 54.7 Å². The van der Waals surface area contributed by atoms with Crippen LogP contribution in [0, 0.1) is 5.92 Å². The van der Waals surface area contributed by atoms with Crippen LogP contribution >= 0.6 is 15.9 Å². The number of amides is 2. The van der Waals surface area contributed by atoms with Crippen LogP contribution in [0.5, 0.6) is 5.75 Å². The minimum atomic E-state index is -0.319. The van der Waals surface area contributed by atoms with Crippen LogP contribution < -0.4 is 15.0 Å². The monoisotopic (exact) mass is 468 g/mol. The van der Waals surface area contributed by atoms with Gasteiger partial charge in [-0.3, -0.25) is 14.5 Å². The third kappa shape index (κ3) is 4.59. The van der Waals surface area contributed by atoms with Crippen molar-refractivity contribution in [3.63, 3.8) is 0 Å². The molecule has 1 aliphatic carbocycles. The molecule has 1 aliphatic heterocycles. The molecule has 2 aliphatic rings. The molecule has 0 spiro atoms. The Morgan fingerprint density at radius 3 is 2.80 bits per heavy atom. The van der Waals surface area contributed by atoms with Crippen molar-refractivity contribution in [2.45, 2.75) is 38.6 Å². The molecule has 30 heavy (non-hydrogen) atoms. The van der Waals surface area contributed by atoms with Crippen LogP contribution in [0.4, 0.5) is 5.69 Å². The molecule has 1 N–H and O–H groups in total. The number of carbonyl (C=O) groups excluding carboxylic acids is 2. The fourth-order valence-corrected chi connectivity index (χ4v) is 4.51. The molecule has 6 heteroatoms. The van der Waals surface area contributed by atoms with Crippen LogP contribution in [0.25, 0.3) is 6.08 Å². The molecule has 5 nitrogen and oxygen atoms in total. The van der Waals surface area contributed by atoms with E-state index in [0.29, 0.717) is 17.4 Å². The first-order valence-corrected chi connectivity index (χ1v) is 11.2. The Kier molecular flexibility index (Phi) is 6.23. The Labute approximate surface area is 185 Å². The molecule has 0 bridgehead atoms. The molecular formula is C24H25BrN2O3. The van der Waals surface area contributed by atoms with Gasteiger partial charge in [-0.2, -0.15) is 0 Å². The first kappa shape index (κ1) is 20.7. The largest absolute Gasteiger partial charge is 0.449 e. The number of anilines is 1. The number of rotatable bonds is 4. The molecule has 156 valence electrons. The van der Waals surface area contributed by atoms with Crippen LogP contribution in [0.3, 0.4) is 0 Å². The van der Waals surface area contributed by atoms with E-state index >= 15 is 0 Å². The van der Waals surface area contributed by atoms with Crippen LogP contribution in [-0.2, 0) is 9.59 Å². The van der Waals surface area contributed by atoms with Gasteiger partial charge >= 0.3 is 0 Å². The number of fused-ring (bicyclic) bond motifs is 1. The first-order valence-electron chi connectivity index (χ1n) is 10.4. The Hall–Kier alpha value is -2.60. The number of nitrogens with zero attached hydrogens (tertiary/aromatic N) is 1. The van der Waals surface area contributed by atoms with Crippen LogP contribution in [0.1, 0.15) is 38.2 Å². The summed E-state index contributed by atoms with van der Waals surface area (Å²) in [6.07, 6.45) is 6.18.